The van der Waals surface area contributed by atoms with Crippen molar-refractivity contribution in [3.8, 4) is 0 Å². The number of amides is 3. The number of carbonyl (C=O) groups excluding carboxylic acids is 3. The molecule has 2 N–H and O–H groups in total. The Balaban J connectivity index is 1.32. The second kappa shape index (κ2) is 11.3. The van der Waals surface area contributed by atoms with Gasteiger partial charge in [0.15, 0.2) is 5.60 Å². The fraction of sp³-hybridized carbons (Fsp3) is 0.559. The Kier molecular flexibility index (Phi) is 7.85. The molecule has 43 heavy (non-hydrogen) atoms. The van der Waals surface area contributed by atoms with Crippen LogP contribution >= 0.6 is 0 Å². The lowest BCUT2D eigenvalue weighted by atomic mass is 9.71. The summed E-state index contributed by atoms with van der Waals surface area (Å²) in [6.07, 6.45) is 3.36. The molecule has 0 aromatic heterocycles. The lowest BCUT2D eigenvalue weighted by Gasteiger charge is -2.34. The summed E-state index contributed by atoms with van der Waals surface area (Å²) in [7, 11) is 0. The number of anilines is 2. The predicted molar refractivity (Wildman–Crippen MR) is 162 cm³/mol. The van der Waals surface area contributed by atoms with Crippen LogP contribution in [0, 0.1) is 11.8 Å². The Morgan fingerprint density at radius 3 is 2.60 bits per heavy atom. The van der Waals surface area contributed by atoms with Crippen molar-refractivity contribution in [2.45, 2.75) is 89.2 Å². The van der Waals surface area contributed by atoms with Crippen molar-refractivity contribution < 1.29 is 29.3 Å². The summed E-state index contributed by atoms with van der Waals surface area (Å²) in [5.41, 5.74) is 0.664. The van der Waals surface area contributed by atoms with Gasteiger partial charge in [0, 0.05) is 42.6 Å². The van der Waals surface area contributed by atoms with Gasteiger partial charge in [0.25, 0.3) is 5.91 Å². The van der Waals surface area contributed by atoms with E-state index in [1.165, 1.54) is 0 Å². The quantitative estimate of drug-likeness (QED) is 0.509. The number of piperidine rings is 1. The average Bonchev–Trinajstić information content (AvgIpc) is 3.64. The fourth-order valence-corrected chi connectivity index (χ4v) is 8.12. The van der Waals surface area contributed by atoms with Gasteiger partial charge in [0.1, 0.15) is 0 Å². The summed E-state index contributed by atoms with van der Waals surface area (Å²) in [6, 6.07) is 15.2. The van der Waals surface area contributed by atoms with Crippen LogP contribution < -0.4 is 9.80 Å². The molecule has 9 nitrogen and oxygen atoms in total. The maximum atomic E-state index is 14.6. The molecular weight excluding hydrogens is 546 g/mol. The Morgan fingerprint density at radius 2 is 1.86 bits per heavy atom. The standard InChI is InChI=1S/C34H43N3O6/c1-22-31(33(2,3)42)28(19-30(40)36-17-9-12-25(36)21-38)43-34(22)26-13-4-5-14-27(26)37(32(34)41)20-23-10-8-11-24(18-23)35-16-7-6-15-29(35)39/h4-5,8,10-11,13-14,18,22,25,28,31,38,42H,6-7,9,12,15-17,19-21H2,1-3H3/t22-,25+,28+,31-,34+/m1/s1. The molecule has 1 spiro atoms. The number of aliphatic hydroxyl groups excluding tert-OH is 1. The van der Waals surface area contributed by atoms with Gasteiger partial charge in [-0.05, 0) is 63.3 Å². The van der Waals surface area contributed by atoms with E-state index in [0.717, 1.165) is 48.2 Å². The summed E-state index contributed by atoms with van der Waals surface area (Å²) in [4.78, 5) is 46.0. The summed E-state index contributed by atoms with van der Waals surface area (Å²) in [6.45, 7) is 6.88. The molecule has 4 heterocycles. The van der Waals surface area contributed by atoms with E-state index in [2.05, 4.69) is 0 Å². The molecule has 9 heteroatoms. The minimum absolute atomic E-state index is 0.0264. The third kappa shape index (κ3) is 5.05. The highest BCUT2D eigenvalue weighted by molar-refractivity contribution is 6.07. The van der Waals surface area contributed by atoms with Crippen molar-refractivity contribution in [2.75, 3.05) is 29.5 Å². The second-order valence-corrected chi connectivity index (χ2v) is 13.2. The number of fused-ring (bicyclic) bond motifs is 2. The monoisotopic (exact) mass is 589 g/mol. The van der Waals surface area contributed by atoms with E-state index < -0.39 is 29.1 Å². The van der Waals surface area contributed by atoms with E-state index in [-0.39, 0.29) is 36.8 Å². The van der Waals surface area contributed by atoms with Gasteiger partial charge in [-0.1, -0.05) is 37.3 Å². The van der Waals surface area contributed by atoms with Crippen LogP contribution in [0.1, 0.15) is 70.4 Å². The molecular formula is C34H43N3O6. The van der Waals surface area contributed by atoms with Gasteiger partial charge < -0.3 is 29.6 Å². The van der Waals surface area contributed by atoms with E-state index in [9.17, 15) is 24.6 Å². The van der Waals surface area contributed by atoms with Crippen molar-refractivity contribution in [2.24, 2.45) is 11.8 Å². The first kappa shape index (κ1) is 29.8. The number of benzene rings is 2. The van der Waals surface area contributed by atoms with Crippen LogP contribution in [0.5, 0.6) is 0 Å². The van der Waals surface area contributed by atoms with Gasteiger partial charge in [-0.3, -0.25) is 14.4 Å². The SMILES string of the molecule is C[C@@H]1[C@@H](C(C)(C)O)[C@H](CC(=O)N2CCC[C@H]2CO)O[C@@]12C(=O)N(Cc1cccc(N3CCCCC3=O)c1)c1ccccc12. The number of aliphatic hydroxyl groups is 2. The van der Waals surface area contributed by atoms with Crippen molar-refractivity contribution in [1.29, 1.82) is 0 Å². The Hall–Kier alpha value is -3.27. The van der Waals surface area contributed by atoms with Crippen molar-refractivity contribution in [3.05, 3.63) is 59.7 Å². The van der Waals surface area contributed by atoms with E-state index >= 15 is 0 Å². The second-order valence-electron chi connectivity index (χ2n) is 13.2. The zero-order valence-corrected chi connectivity index (χ0v) is 25.4. The normalized spacial score (nSPS) is 29.2. The minimum Gasteiger partial charge on any atom is -0.394 e. The van der Waals surface area contributed by atoms with Crippen molar-refractivity contribution >= 4 is 29.1 Å². The van der Waals surface area contributed by atoms with E-state index in [1.54, 1.807) is 23.6 Å². The third-order valence-electron chi connectivity index (χ3n) is 10.1. The first-order chi connectivity index (χ1) is 20.6. The van der Waals surface area contributed by atoms with Crippen LogP contribution in [0.3, 0.4) is 0 Å². The smallest absolute Gasteiger partial charge is 0.264 e. The number of rotatable bonds is 7. The van der Waals surface area contributed by atoms with Gasteiger partial charge in [-0.2, -0.15) is 0 Å². The van der Waals surface area contributed by atoms with Crippen LogP contribution in [0.2, 0.25) is 0 Å². The number of carbonyl (C=O) groups is 3. The molecule has 6 rings (SSSR count). The van der Waals surface area contributed by atoms with Crippen LogP contribution in [0.25, 0.3) is 0 Å². The Labute approximate surface area is 253 Å². The van der Waals surface area contributed by atoms with E-state index in [1.807, 2.05) is 60.4 Å². The van der Waals surface area contributed by atoms with Gasteiger partial charge in [-0.15, -0.1) is 0 Å². The zero-order valence-electron chi connectivity index (χ0n) is 25.4. The summed E-state index contributed by atoms with van der Waals surface area (Å²) in [5, 5.41) is 21.2. The summed E-state index contributed by atoms with van der Waals surface area (Å²) >= 11 is 0. The molecule has 0 aliphatic carbocycles. The van der Waals surface area contributed by atoms with Crippen LogP contribution in [0.15, 0.2) is 48.5 Å². The van der Waals surface area contributed by atoms with Crippen molar-refractivity contribution in [1.82, 2.24) is 4.90 Å². The van der Waals surface area contributed by atoms with E-state index in [4.69, 9.17) is 4.74 Å². The highest BCUT2D eigenvalue weighted by atomic mass is 16.5. The Bertz CT molecular complexity index is 1400. The lowest BCUT2D eigenvalue weighted by Crippen LogP contribution is -2.46. The molecule has 4 aliphatic heterocycles. The van der Waals surface area contributed by atoms with Crippen LogP contribution in [-0.4, -0.2) is 70.3 Å². The van der Waals surface area contributed by atoms with Gasteiger partial charge in [-0.25, -0.2) is 0 Å². The number of hydrogen-bond acceptors (Lipinski definition) is 6. The first-order valence-corrected chi connectivity index (χ1v) is 15.7. The molecule has 0 bridgehead atoms. The highest BCUT2D eigenvalue weighted by Gasteiger charge is 2.66. The van der Waals surface area contributed by atoms with Gasteiger partial charge in [0.05, 0.1) is 43.0 Å². The van der Waals surface area contributed by atoms with Gasteiger partial charge >= 0.3 is 0 Å². The summed E-state index contributed by atoms with van der Waals surface area (Å²) in [5.74, 6) is -1.12. The maximum Gasteiger partial charge on any atom is 0.264 e. The molecule has 230 valence electrons. The molecule has 4 aliphatic rings. The average molecular weight is 590 g/mol. The number of likely N-dealkylation sites (tertiary alicyclic amines) is 1. The van der Waals surface area contributed by atoms with Crippen LogP contribution in [0.4, 0.5) is 11.4 Å². The molecule has 2 aromatic carbocycles. The predicted octanol–water partition coefficient (Wildman–Crippen LogP) is 3.74. The fourth-order valence-electron chi connectivity index (χ4n) is 8.12. The Morgan fingerprint density at radius 1 is 1.07 bits per heavy atom. The molecule has 3 fully saturated rings. The van der Waals surface area contributed by atoms with Crippen molar-refractivity contribution in [3.63, 3.8) is 0 Å². The van der Waals surface area contributed by atoms with Gasteiger partial charge in [0.2, 0.25) is 11.8 Å². The molecule has 2 aromatic rings. The lowest BCUT2D eigenvalue weighted by molar-refractivity contribution is -0.150. The largest absolute Gasteiger partial charge is 0.394 e. The number of nitrogens with zero attached hydrogens (tertiary/aromatic N) is 3. The number of hydrogen-bond donors (Lipinski definition) is 2. The zero-order chi connectivity index (χ0) is 30.5. The molecule has 3 saturated heterocycles. The maximum absolute atomic E-state index is 14.6. The molecule has 3 amide bonds. The molecule has 0 unspecified atom stereocenters. The first-order valence-electron chi connectivity index (χ1n) is 15.7. The number of para-hydroxylation sites is 1. The summed E-state index contributed by atoms with van der Waals surface area (Å²) < 4.78 is 6.79. The molecule has 5 atom stereocenters. The highest BCUT2D eigenvalue weighted by Crippen LogP contribution is 2.58. The van der Waals surface area contributed by atoms with Crippen LogP contribution in [-0.2, 0) is 31.3 Å². The molecule has 0 radical (unpaired) electrons. The molecule has 0 saturated carbocycles. The topological polar surface area (TPSA) is 111 Å². The minimum atomic E-state index is -1.35. The van der Waals surface area contributed by atoms with E-state index in [0.29, 0.717) is 26.1 Å². The third-order valence-corrected chi connectivity index (χ3v) is 10.1. The number of ether oxygens (including phenoxy) is 1.